The van der Waals surface area contributed by atoms with E-state index < -0.39 is 5.97 Å². The van der Waals surface area contributed by atoms with Crippen LogP contribution in [-0.2, 0) is 11.3 Å². The van der Waals surface area contributed by atoms with Crippen LogP contribution in [0.5, 0.6) is 0 Å². The topological polar surface area (TPSA) is 53.7 Å². The SMILES string of the molecule is O=C(O)C1CCCN(Cc2ccc(-c3ccccc3F)o2)C1. The van der Waals surface area contributed by atoms with Gasteiger partial charge in [-0.15, -0.1) is 0 Å². The molecule has 1 aliphatic heterocycles. The van der Waals surface area contributed by atoms with E-state index in [1.54, 1.807) is 24.3 Å². The number of carboxylic acid groups (broad SMARTS) is 1. The maximum Gasteiger partial charge on any atom is 0.307 e. The Bertz CT molecular complexity index is 667. The zero-order chi connectivity index (χ0) is 15.5. The fourth-order valence-corrected chi connectivity index (χ4v) is 2.89. The van der Waals surface area contributed by atoms with Gasteiger partial charge in [-0.1, -0.05) is 12.1 Å². The first-order chi connectivity index (χ1) is 10.6. The summed E-state index contributed by atoms with van der Waals surface area (Å²) in [7, 11) is 0. The van der Waals surface area contributed by atoms with E-state index in [1.807, 2.05) is 6.07 Å². The van der Waals surface area contributed by atoms with Gasteiger partial charge in [0.05, 0.1) is 18.0 Å². The smallest absolute Gasteiger partial charge is 0.307 e. The predicted molar refractivity (Wildman–Crippen MR) is 79.7 cm³/mol. The van der Waals surface area contributed by atoms with Crippen molar-refractivity contribution in [3.05, 3.63) is 48.0 Å². The van der Waals surface area contributed by atoms with Gasteiger partial charge >= 0.3 is 5.97 Å². The summed E-state index contributed by atoms with van der Waals surface area (Å²) < 4.78 is 19.5. The fraction of sp³-hybridized carbons (Fsp3) is 0.353. The minimum absolute atomic E-state index is 0.310. The molecule has 2 aromatic rings. The number of hydrogen-bond acceptors (Lipinski definition) is 3. The third-order valence-electron chi connectivity index (χ3n) is 4.04. The molecule has 0 radical (unpaired) electrons. The summed E-state index contributed by atoms with van der Waals surface area (Å²) in [5.74, 6) is -0.137. The number of piperidine rings is 1. The average Bonchev–Trinajstić information content (AvgIpc) is 2.96. The molecule has 0 amide bonds. The lowest BCUT2D eigenvalue weighted by molar-refractivity contribution is -0.143. The van der Waals surface area contributed by atoms with Crippen molar-refractivity contribution in [2.75, 3.05) is 13.1 Å². The summed E-state index contributed by atoms with van der Waals surface area (Å²) in [6.07, 6.45) is 1.60. The number of halogens is 1. The van der Waals surface area contributed by atoms with Crippen LogP contribution in [0.1, 0.15) is 18.6 Å². The predicted octanol–water partition coefficient (Wildman–Crippen LogP) is 3.38. The number of hydrogen-bond donors (Lipinski definition) is 1. The summed E-state index contributed by atoms with van der Waals surface area (Å²) in [6, 6.07) is 10.1. The zero-order valence-electron chi connectivity index (χ0n) is 12.2. The Labute approximate surface area is 128 Å². The monoisotopic (exact) mass is 303 g/mol. The van der Waals surface area contributed by atoms with Crippen LogP contribution in [-0.4, -0.2) is 29.1 Å². The van der Waals surface area contributed by atoms with Gasteiger partial charge in [-0.3, -0.25) is 9.69 Å². The van der Waals surface area contributed by atoms with E-state index >= 15 is 0 Å². The molecule has 1 N–H and O–H groups in total. The molecule has 5 heteroatoms. The number of furan rings is 1. The summed E-state index contributed by atoms with van der Waals surface area (Å²) >= 11 is 0. The Hall–Kier alpha value is -2.14. The molecule has 0 spiro atoms. The number of nitrogens with zero attached hydrogens (tertiary/aromatic N) is 1. The number of likely N-dealkylation sites (tertiary alicyclic amines) is 1. The molecule has 1 aliphatic rings. The molecule has 1 fully saturated rings. The molecule has 1 aromatic heterocycles. The van der Waals surface area contributed by atoms with Crippen molar-refractivity contribution < 1.29 is 18.7 Å². The van der Waals surface area contributed by atoms with Crippen LogP contribution in [0.4, 0.5) is 4.39 Å². The van der Waals surface area contributed by atoms with Crippen molar-refractivity contribution in [2.45, 2.75) is 19.4 Å². The van der Waals surface area contributed by atoms with Crippen molar-refractivity contribution in [2.24, 2.45) is 5.92 Å². The van der Waals surface area contributed by atoms with Gasteiger partial charge in [0.2, 0.25) is 0 Å². The van der Waals surface area contributed by atoms with E-state index in [4.69, 9.17) is 9.52 Å². The second-order valence-corrected chi connectivity index (χ2v) is 5.66. The maximum absolute atomic E-state index is 13.7. The Morgan fingerprint density at radius 1 is 1.32 bits per heavy atom. The van der Waals surface area contributed by atoms with E-state index in [0.717, 1.165) is 25.1 Å². The summed E-state index contributed by atoms with van der Waals surface area (Å²) in [5, 5.41) is 9.11. The average molecular weight is 303 g/mol. The number of carbonyl (C=O) groups is 1. The van der Waals surface area contributed by atoms with Crippen LogP contribution in [0.2, 0.25) is 0 Å². The molecule has 0 bridgehead atoms. The first-order valence-corrected chi connectivity index (χ1v) is 7.42. The van der Waals surface area contributed by atoms with Crippen molar-refractivity contribution in [1.82, 2.24) is 4.90 Å². The lowest BCUT2D eigenvalue weighted by Gasteiger charge is -2.29. The molecule has 1 aromatic carbocycles. The number of benzene rings is 1. The van der Waals surface area contributed by atoms with Crippen LogP contribution in [0, 0.1) is 11.7 Å². The number of carboxylic acids is 1. The highest BCUT2D eigenvalue weighted by Crippen LogP contribution is 2.26. The van der Waals surface area contributed by atoms with Crippen LogP contribution >= 0.6 is 0 Å². The van der Waals surface area contributed by atoms with Gasteiger partial charge in [-0.25, -0.2) is 4.39 Å². The molecule has 3 rings (SSSR count). The normalized spacial score (nSPS) is 19.2. The van der Waals surface area contributed by atoms with Crippen LogP contribution < -0.4 is 0 Å². The van der Waals surface area contributed by atoms with Gasteiger partial charge in [0, 0.05) is 6.54 Å². The molecular formula is C17H18FNO3. The third-order valence-corrected chi connectivity index (χ3v) is 4.04. The van der Waals surface area contributed by atoms with Gasteiger partial charge in [-0.2, -0.15) is 0 Å². The minimum atomic E-state index is -0.740. The highest BCUT2D eigenvalue weighted by Gasteiger charge is 2.25. The van der Waals surface area contributed by atoms with E-state index in [-0.39, 0.29) is 11.7 Å². The Balaban J connectivity index is 1.70. The van der Waals surface area contributed by atoms with E-state index in [0.29, 0.717) is 24.4 Å². The second kappa shape index (κ2) is 6.32. The molecule has 0 saturated carbocycles. The number of rotatable bonds is 4. The first-order valence-electron chi connectivity index (χ1n) is 7.42. The van der Waals surface area contributed by atoms with E-state index in [2.05, 4.69) is 4.90 Å². The Kier molecular flexibility index (Phi) is 4.24. The minimum Gasteiger partial charge on any atom is -0.481 e. The summed E-state index contributed by atoms with van der Waals surface area (Å²) in [4.78, 5) is 13.2. The molecule has 1 unspecified atom stereocenters. The standard InChI is InChI=1S/C17H18FNO3/c18-15-6-2-1-5-14(15)16-8-7-13(22-16)11-19-9-3-4-12(10-19)17(20)21/h1-2,5-8,12H,3-4,9-11H2,(H,20,21). The van der Waals surface area contributed by atoms with Crippen molar-refractivity contribution in [3.63, 3.8) is 0 Å². The van der Waals surface area contributed by atoms with E-state index in [1.165, 1.54) is 6.07 Å². The molecule has 1 saturated heterocycles. The quantitative estimate of drug-likeness (QED) is 0.940. The summed E-state index contributed by atoms with van der Waals surface area (Å²) in [6.45, 7) is 1.95. The Morgan fingerprint density at radius 2 is 2.14 bits per heavy atom. The second-order valence-electron chi connectivity index (χ2n) is 5.66. The molecule has 4 nitrogen and oxygen atoms in total. The highest BCUT2D eigenvalue weighted by molar-refractivity contribution is 5.70. The summed E-state index contributed by atoms with van der Waals surface area (Å²) in [5.41, 5.74) is 0.441. The molecule has 0 aliphatic carbocycles. The van der Waals surface area contributed by atoms with Crippen molar-refractivity contribution in [1.29, 1.82) is 0 Å². The molecule has 22 heavy (non-hydrogen) atoms. The lowest BCUT2D eigenvalue weighted by atomic mass is 9.98. The molecular weight excluding hydrogens is 285 g/mol. The Morgan fingerprint density at radius 3 is 2.91 bits per heavy atom. The highest BCUT2D eigenvalue weighted by atomic mass is 19.1. The van der Waals surface area contributed by atoms with Gasteiger partial charge in [0.15, 0.2) is 0 Å². The van der Waals surface area contributed by atoms with Crippen LogP contribution in [0.15, 0.2) is 40.8 Å². The first kappa shape index (κ1) is 14.8. The molecule has 1 atom stereocenters. The zero-order valence-corrected chi connectivity index (χ0v) is 12.2. The van der Waals surface area contributed by atoms with Crippen LogP contribution in [0.25, 0.3) is 11.3 Å². The number of aliphatic carboxylic acids is 1. The van der Waals surface area contributed by atoms with Gasteiger partial charge in [0.25, 0.3) is 0 Å². The van der Waals surface area contributed by atoms with Crippen molar-refractivity contribution >= 4 is 5.97 Å². The third kappa shape index (κ3) is 3.20. The fourth-order valence-electron chi connectivity index (χ4n) is 2.89. The van der Waals surface area contributed by atoms with Gasteiger partial charge in [0.1, 0.15) is 17.3 Å². The lowest BCUT2D eigenvalue weighted by Crippen LogP contribution is -2.38. The maximum atomic E-state index is 13.7. The van der Waals surface area contributed by atoms with Crippen molar-refractivity contribution in [3.8, 4) is 11.3 Å². The van der Waals surface area contributed by atoms with E-state index in [9.17, 15) is 9.18 Å². The van der Waals surface area contributed by atoms with Gasteiger partial charge < -0.3 is 9.52 Å². The largest absolute Gasteiger partial charge is 0.481 e. The van der Waals surface area contributed by atoms with Gasteiger partial charge in [-0.05, 0) is 43.7 Å². The van der Waals surface area contributed by atoms with Crippen LogP contribution in [0.3, 0.4) is 0 Å². The molecule has 116 valence electrons. The molecule has 2 heterocycles.